The summed E-state index contributed by atoms with van der Waals surface area (Å²) in [5, 5.41) is 10.4. The number of halogens is 3. The Morgan fingerprint density at radius 3 is 2.26 bits per heavy atom. The van der Waals surface area contributed by atoms with E-state index in [1.165, 1.54) is 12.1 Å². The predicted molar refractivity (Wildman–Crippen MR) is 122 cm³/mol. The molecule has 2 aromatic carbocycles. The molecule has 3 aromatic rings. The number of alkyl halides is 3. The number of piperidine rings is 1. The minimum absolute atomic E-state index is 0.0759. The molecule has 0 atom stereocenters. The summed E-state index contributed by atoms with van der Waals surface area (Å²) in [5.74, 6) is 1.50. The van der Waals surface area contributed by atoms with Crippen molar-refractivity contribution in [1.29, 1.82) is 0 Å². The molecule has 1 N–H and O–H groups in total. The van der Waals surface area contributed by atoms with Crippen LogP contribution in [0.1, 0.15) is 37.1 Å². The number of urea groups is 1. The van der Waals surface area contributed by atoms with Gasteiger partial charge in [-0.15, -0.1) is 0 Å². The van der Waals surface area contributed by atoms with E-state index in [-0.39, 0.29) is 12.5 Å². The lowest BCUT2D eigenvalue weighted by Crippen LogP contribution is -2.45. The molecule has 0 unspecified atom stereocenters. The lowest BCUT2D eigenvalue weighted by atomic mass is 9.97. The number of carbonyl (C=O) groups excluding carboxylic acids is 1. The number of nitrogens with zero attached hydrogens (tertiary/aromatic N) is 3. The first-order valence-electron chi connectivity index (χ1n) is 11.3. The zero-order valence-corrected chi connectivity index (χ0v) is 19.4. The molecule has 2 heterocycles. The van der Waals surface area contributed by atoms with Crippen LogP contribution in [0.2, 0.25) is 0 Å². The van der Waals surface area contributed by atoms with Gasteiger partial charge in [0.25, 0.3) is 0 Å². The van der Waals surface area contributed by atoms with Crippen molar-refractivity contribution in [2.75, 3.05) is 26.7 Å². The van der Waals surface area contributed by atoms with Crippen molar-refractivity contribution in [2.24, 2.45) is 0 Å². The highest BCUT2D eigenvalue weighted by molar-refractivity contribution is 5.77. The summed E-state index contributed by atoms with van der Waals surface area (Å²) in [6, 6.07) is 11.5. The highest BCUT2D eigenvalue weighted by Gasteiger charge is 2.32. The fraction of sp³-hybridized carbons (Fsp3) is 0.360. The molecular weight excluding hydrogens is 463 g/mol. The molecule has 1 saturated heterocycles. The zero-order valence-electron chi connectivity index (χ0n) is 19.4. The molecule has 0 aliphatic carbocycles. The Balaban J connectivity index is 1.64. The highest BCUT2D eigenvalue weighted by atomic mass is 19.4. The summed E-state index contributed by atoms with van der Waals surface area (Å²) in [5.41, 5.74) is 0.930. The van der Waals surface area contributed by atoms with Gasteiger partial charge in [0.2, 0.25) is 0 Å². The summed E-state index contributed by atoms with van der Waals surface area (Å²) in [7, 11) is 1.56. The van der Waals surface area contributed by atoms with Gasteiger partial charge >= 0.3 is 12.2 Å². The first-order chi connectivity index (χ1) is 16.7. The molecular formula is C25H26F3N3O4. The average Bonchev–Trinajstić information content (AvgIpc) is 3.33. The number of oxazole rings is 1. The second kappa shape index (κ2) is 9.99. The van der Waals surface area contributed by atoms with Gasteiger partial charge < -0.3 is 14.1 Å². The molecule has 1 aromatic heterocycles. The molecule has 1 aliphatic rings. The molecule has 1 fully saturated rings. The Morgan fingerprint density at radius 1 is 1.11 bits per heavy atom. The van der Waals surface area contributed by atoms with Crippen molar-refractivity contribution >= 4 is 6.03 Å². The van der Waals surface area contributed by atoms with Crippen LogP contribution in [0.25, 0.3) is 22.6 Å². The fourth-order valence-corrected chi connectivity index (χ4v) is 4.08. The molecule has 0 bridgehead atoms. The first-order valence-corrected chi connectivity index (χ1v) is 11.3. The number of amides is 2. The van der Waals surface area contributed by atoms with E-state index < -0.39 is 17.8 Å². The first kappa shape index (κ1) is 24.6. The quantitative estimate of drug-likeness (QED) is 0.349. The van der Waals surface area contributed by atoms with Gasteiger partial charge in [-0.1, -0.05) is 12.1 Å². The Bertz CT molecular complexity index is 1150. The van der Waals surface area contributed by atoms with Crippen LogP contribution in [-0.2, 0) is 6.18 Å². The van der Waals surface area contributed by atoms with Gasteiger partial charge in [-0.3, -0.25) is 5.21 Å². The summed E-state index contributed by atoms with van der Waals surface area (Å²) >= 11 is 0. The van der Waals surface area contributed by atoms with Gasteiger partial charge in [0.15, 0.2) is 11.7 Å². The predicted octanol–water partition coefficient (Wildman–Crippen LogP) is 6.05. The monoisotopic (exact) mass is 489 g/mol. The smallest absolute Gasteiger partial charge is 0.416 e. The number of benzene rings is 2. The number of likely N-dealkylation sites (tertiary alicyclic amines) is 1. The zero-order chi connectivity index (χ0) is 25.2. The van der Waals surface area contributed by atoms with Crippen LogP contribution in [0.15, 0.2) is 52.9 Å². The standard InChI is InChI=1S/C25H26F3N3O4/c1-3-31(33)24(32)30-14-12-18(13-15-30)23-29-21(16-4-8-19(9-5-16)25(26,27)28)22(35-23)17-6-10-20(34-2)11-7-17/h4-11,18,33H,3,12-15H2,1-2H3. The SMILES string of the molecule is CCN(O)C(=O)N1CCC(c2nc(-c3ccc(C(F)(F)F)cc3)c(-c3ccc(OC)cc3)o2)CC1. The number of aromatic nitrogens is 1. The third-order valence-electron chi connectivity index (χ3n) is 6.12. The number of carbonyl (C=O) groups is 1. The summed E-state index contributed by atoms with van der Waals surface area (Å²) in [4.78, 5) is 18.5. The maximum Gasteiger partial charge on any atom is 0.416 e. The number of ether oxygens (including phenoxy) is 1. The molecule has 35 heavy (non-hydrogen) atoms. The minimum atomic E-state index is -4.43. The van der Waals surface area contributed by atoms with E-state index in [2.05, 4.69) is 0 Å². The number of rotatable bonds is 5. The number of hydrogen-bond acceptors (Lipinski definition) is 5. The molecule has 7 nitrogen and oxygen atoms in total. The minimum Gasteiger partial charge on any atom is -0.497 e. The van der Waals surface area contributed by atoms with E-state index in [0.29, 0.717) is 65.2 Å². The van der Waals surface area contributed by atoms with E-state index in [1.54, 1.807) is 43.2 Å². The van der Waals surface area contributed by atoms with E-state index in [4.69, 9.17) is 14.1 Å². The van der Waals surface area contributed by atoms with Crippen molar-refractivity contribution < 1.29 is 32.3 Å². The van der Waals surface area contributed by atoms with Crippen LogP contribution in [0, 0.1) is 0 Å². The topological polar surface area (TPSA) is 79.0 Å². The van der Waals surface area contributed by atoms with Crippen LogP contribution in [0.3, 0.4) is 0 Å². The van der Waals surface area contributed by atoms with Crippen molar-refractivity contribution in [1.82, 2.24) is 14.9 Å². The highest BCUT2D eigenvalue weighted by Crippen LogP contribution is 2.39. The Labute approximate surface area is 200 Å². The third kappa shape index (κ3) is 5.27. The summed E-state index contributed by atoms with van der Waals surface area (Å²) in [6.07, 6.45) is -3.27. The van der Waals surface area contributed by atoms with Gasteiger partial charge in [-0.05, 0) is 56.2 Å². The van der Waals surface area contributed by atoms with Gasteiger partial charge in [-0.2, -0.15) is 13.2 Å². The second-order valence-electron chi connectivity index (χ2n) is 8.29. The summed E-state index contributed by atoms with van der Waals surface area (Å²) < 4.78 is 50.6. The number of methoxy groups -OCH3 is 1. The van der Waals surface area contributed by atoms with Crippen LogP contribution >= 0.6 is 0 Å². The van der Waals surface area contributed by atoms with Gasteiger partial charge in [-0.25, -0.2) is 14.8 Å². The van der Waals surface area contributed by atoms with Gasteiger partial charge in [0.1, 0.15) is 11.4 Å². The molecule has 0 spiro atoms. The van der Waals surface area contributed by atoms with Crippen LogP contribution in [-0.4, -0.2) is 52.9 Å². The van der Waals surface area contributed by atoms with Gasteiger partial charge in [0.05, 0.1) is 12.7 Å². The van der Waals surface area contributed by atoms with Crippen molar-refractivity contribution in [3.63, 3.8) is 0 Å². The maximum absolute atomic E-state index is 13.1. The lowest BCUT2D eigenvalue weighted by Gasteiger charge is -2.32. The second-order valence-corrected chi connectivity index (χ2v) is 8.29. The van der Waals surface area contributed by atoms with Crippen molar-refractivity contribution in [3.8, 4) is 28.3 Å². The molecule has 186 valence electrons. The van der Waals surface area contributed by atoms with Gasteiger partial charge in [0, 0.05) is 36.7 Å². The van der Waals surface area contributed by atoms with Crippen molar-refractivity contribution in [2.45, 2.75) is 31.9 Å². The Hall–Kier alpha value is -3.53. The largest absolute Gasteiger partial charge is 0.497 e. The average molecular weight is 489 g/mol. The van der Waals surface area contributed by atoms with E-state index in [9.17, 15) is 23.2 Å². The lowest BCUT2D eigenvalue weighted by molar-refractivity contribution is -0.137. The molecule has 4 rings (SSSR count). The normalized spacial score (nSPS) is 14.7. The molecule has 0 saturated carbocycles. The third-order valence-corrected chi connectivity index (χ3v) is 6.12. The molecule has 2 amide bonds. The fourth-order valence-electron chi connectivity index (χ4n) is 4.08. The van der Waals surface area contributed by atoms with E-state index in [1.807, 2.05) is 0 Å². The Morgan fingerprint density at radius 2 is 1.71 bits per heavy atom. The van der Waals surface area contributed by atoms with Crippen LogP contribution < -0.4 is 4.74 Å². The molecule has 10 heteroatoms. The molecule has 0 radical (unpaired) electrons. The van der Waals surface area contributed by atoms with Crippen LogP contribution in [0.4, 0.5) is 18.0 Å². The van der Waals surface area contributed by atoms with E-state index in [0.717, 1.165) is 12.1 Å². The van der Waals surface area contributed by atoms with E-state index >= 15 is 0 Å². The molecule has 1 aliphatic heterocycles. The number of hydrogen-bond donors (Lipinski definition) is 1. The van der Waals surface area contributed by atoms with Crippen molar-refractivity contribution in [3.05, 3.63) is 60.0 Å². The Kier molecular flexibility index (Phi) is 7.02. The summed E-state index contributed by atoms with van der Waals surface area (Å²) in [6.45, 7) is 2.73. The van der Waals surface area contributed by atoms with Crippen LogP contribution in [0.5, 0.6) is 5.75 Å². The maximum atomic E-state index is 13.1. The number of hydroxylamine groups is 2.